The number of aromatic nitrogens is 1. The Morgan fingerprint density at radius 2 is 1.95 bits per heavy atom. The SMILES string of the molecule is O=C(NCc1ccc2[nH]c(=O)oc2c1)c1ccc(F)c(F)c1. The second-order valence-corrected chi connectivity index (χ2v) is 4.66. The lowest BCUT2D eigenvalue weighted by Gasteiger charge is -2.05. The van der Waals surface area contributed by atoms with E-state index < -0.39 is 23.3 Å². The van der Waals surface area contributed by atoms with Crippen molar-refractivity contribution in [1.29, 1.82) is 0 Å². The van der Waals surface area contributed by atoms with Crippen molar-refractivity contribution in [2.45, 2.75) is 6.54 Å². The number of fused-ring (bicyclic) bond motifs is 1. The summed E-state index contributed by atoms with van der Waals surface area (Å²) in [6.07, 6.45) is 0. The summed E-state index contributed by atoms with van der Waals surface area (Å²) in [6, 6.07) is 7.89. The molecule has 0 radical (unpaired) electrons. The largest absolute Gasteiger partial charge is 0.417 e. The zero-order chi connectivity index (χ0) is 15.7. The highest BCUT2D eigenvalue weighted by molar-refractivity contribution is 5.94. The van der Waals surface area contributed by atoms with Gasteiger partial charge in [-0.05, 0) is 35.9 Å². The van der Waals surface area contributed by atoms with E-state index in [1.165, 1.54) is 6.07 Å². The lowest BCUT2D eigenvalue weighted by molar-refractivity contribution is 0.0950. The van der Waals surface area contributed by atoms with Crippen molar-refractivity contribution in [2.75, 3.05) is 0 Å². The average molecular weight is 304 g/mol. The highest BCUT2D eigenvalue weighted by atomic mass is 19.2. The van der Waals surface area contributed by atoms with E-state index in [-0.39, 0.29) is 12.1 Å². The van der Waals surface area contributed by atoms with E-state index in [9.17, 15) is 18.4 Å². The second-order valence-electron chi connectivity index (χ2n) is 4.66. The molecule has 3 aromatic rings. The number of carbonyl (C=O) groups is 1. The number of aromatic amines is 1. The highest BCUT2D eigenvalue weighted by Crippen LogP contribution is 2.13. The zero-order valence-electron chi connectivity index (χ0n) is 11.2. The first-order valence-electron chi connectivity index (χ1n) is 6.38. The Morgan fingerprint density at radius 1 is 1.14 bits per heavy atom. The molecule has 0 atom stereocenters. The Labute approximate surface area is 122 Å². The van der Waals surface area contributed by atoms with Crippen molar-refractivity contribution in [2.24, 2.45) is 0 Å². The van der Waals surface area contributed by atoms with E-state index in [0.29, 0.717) is 16.7 Å². The van der Waals surface area contributed by atoms with Crippen molar-refractivity contribution in [3.63, 3.8) is 0 Å². The van der Waals surface area contributed by atoms with Crippen LogP contribution in [0, 0.1) is 11.6 Å². The van der Waals surface area contributed by atoms with Crippen molar-refractivity contribution < 1.29 is 18.0 Å². The third-order valence-electron chi connectivity index (χ3n) is 3.12. The van der Waals surface area contributed by atoms with Gasteiger partial charge in [-0.3, -0.25) is 9.78 Å². The molecular weight excluding hydrogens is 294 g/mol. The van der Waals surface area contributed by atoms with Gasteiger partial charge in [0.2, 0.25) is 0 Å². The van der Waals surface area contributed by atoms with Gasteiger partial charge in [0.1, 0.15) is 0 Å². The Hall–Kier alpha value is -2.96. The molecule has 0 bridgehead atoms. The number of carbonyl (C=O) groups excluding carboxylic acids is 1. The molecule has 0 saturated carbocycles. The maximum Gasteiger partial charge on any atom is 0.417 e. The molecule has 0 unspecified atom stereocenters. The molecule has 0 saturated heterocycles. The summed E-state index contributed by atoms with van der Waals surface area (Å²) in [5.74, 6) is -3.18. The van der Waals surface area contributed by atoms with Crippen LogP contribution in [0.5, 0.6) is 0 Å². The first-order valence-corrected chi connectivity index (χ1v) is 6.38. The minimum atomic E-state index is -1.08. The van der Waals surface area contributed by atoms with Gasteiger partial charge in [0.25, 0.3) is 5.91 Å². The lowest BCUT2D eigenvalue weighted by Crippen LogP contribution is -2.22. The van der Waals surface area contributed by atoms with Crippen LogP contribution in [0.3, 0.4) is 0 Å². The summed E-state index contributed by atoms with van der Waals surface area (Å²) in [5, 5.41) is 2.58. The molecule has 5 nitrogen and oxygen atoms in total. The summed E-state index contributed by atoms with van der Waals surface area (Å²) >= 11 is 0. The average Bonchev–Trinajstić information content (AvgIpc) is 2.86. The number of hydrogen-bond acceptors (Lipinski definition) is 3. The fraction of sp³-hybridized carbons (Fsp3) is 0.0667. The summed E-state index contributed by atoms with van der Waals surface area (Å²) in [6.45, 7) is 0.155. The van der Waals surface area contributed by atoms with Gasteiger partial charge in [0, 0.05) is 12.1 Å². The molecule has 0 spiro atoms. The van der Waals surface area contributed by atoms with Crippen LogP contribution in [0.15, 0.2) is 45.6 Å². The van der Waals surface area contributed by atoms with Crippen molar-refractivity contribution in [1.82, 2.24) is 10.3 Å². The number of rotatable bonds is 3. The van der Waals surface area contributed by atoms with Crippen LogP contribution in [0.25, 0.3) is 11.1 Å². The van der Waals surface area contributed by atoms with E-state index in [1.54, 1.807) is 18.2 Å². The molecule has 1 amide bonds. The van der Waals surface area contributed by atoms with E-state index >= 15 is 0 Å². The minimum Gasteiger partial charge on any atom is -0.408 e. The highest BCUT2D eigenvalue weighted by Gasteiger charge is 2.10. The van der Waals surface area contributed by atoms with Crippen LogP contribution >= 0.6 is 0 Å². The van der Waals surface area contributed by atoms with Gasteiger partial charge >= 0.3 is 5.76 Å². The van der Waals surface area contributed by atoms with Crippen molar-refractivity contribution >= 4 is 17.0 Å². The van der Waals surface area contributed by atoms with Crippen LogP contribution < -0.4 is 11.1 Å². The standard InChI is InChI=1S/C15H10F2N2O3/c16-10-3-2-9(6-11(10)17)14(20)18-7-8-1-4-12-13(5-8)22-15(21)19-12/h1-6H,7H2,(H,18,20)(H,19,21). The predicted octanol–water partition coefficient (Wildman–Crippen LogP) is 2.33. The van der Waals surface area contributed by atoms with Crippen LogP contribution in [0.1, 0.15) is 15.9 Å². The number of amides is 1. The maximum absolute atomic E-state index is 13.1. The van der Waals surface area contributed by atoms with Gasteiger partial charge in [-0.15, -0.1) is 0 Å². The molecule has 22 heavy (non-hydrogen) atoms. The molecule has 112 valence electrons. The molecule has 0 aliphatic heterocycles. The number of halogens is 2. The lowest BCUT2D eigenvalue weighted by atomic mass is 10.1. The third kappa shape index (κ3) is 2.73. The van der Waals surface area contributed by atoms with Gasteiger partial charge in [-0.1, -0.05) is 6.07 Å². The molecule has 2 aromatic carbocycles. The molecule has 0 aliphatic rings. The number of nitrogens with one attached hydrogen (secondary N) is 2. The second kappa shape index (κ2) is 5.44. The van der Waals surface area contributed by atoms with Crippen LogP contribution in [0.2, 0.25) is 0 Å². The van der Waals surface area contributed by atoms with E-state index in [0.717, 1.165) is 12.1 Å². The molecule has 7 heteroatoms. The fourth-order valence-electron chi connectivity index (χ4n) is 2.02. The smallest absolute Gasteiger partial charge is 0.408 e. The van der Waals surface area contributed by atoms with Gasteiger partial charge in [0.05, 0.1) is 5.52 Å². The van der Waals surface area contributed by atoms with E-state index in [2.05, 4.69) is 10.3 Å². The number of benzene rings is 2. The molecule has 1 heterocycles. The van der Waals surface area contributed by atoms with Crippen molar-refractivity contribution in [3.05, 3.63) is 69.7 Å². The monoisotopic (exact) mass is 304 g/mol. The molecule has 2 N–H and O–H groups in total. The Morgan fingerprint density at radius 3 is 2.73 bits per heavy atom. The number of H-pyrrole nitrogens is 1. The van der Waals surface area contributed by atoms with Gasteiger partial charge in [-0.2, -0.15) is 0 Å². The summed E-state index contributed by atoms with van der Waals surface area (Å²) in [7, 11) is 0. The fourth-order valence-corrected chi connectivity index (χ4v) is 2.02. The topological polar surface area (TPSA) is 75.1 Å². The van der Waals surface area contributed by atoms with Crippen LogP contribution in [-0.4, -0.2) is 10.9 Å². The normalized spacial score (nSPS) is 10.8. The Bertz CT molecular complexity index is 915. The first kappa shape index (κ1) is 14.0. The Balaban J connectivity index is 1.73. The predicted molar refractivity (Wildman–Crippen MR) is 74.4 cm³/mol. The minimum absolute atomic E-state index is 0.0214. The van der Waals surface area contributed by atoms with Gasteiger partial charge in [-0.25, -0.2) is 13.6 Å². The Kier molecular flexibility index (Phi) is 3.46. The van der Waals surface area contributed by atoms with Gasteiger partial charge < -0.3 is 9.73 Å². The summed E-state index contributed by atoms with van der Waals surface area (Å²) in [4.78, 5) is 25.4. The first-order chi connectivity index (χ1) is 10.5. The molecule has 3 rings (SSSR count). The quantitative estimate of drug-likeness (QED) is 0.780. The van der Waals surface area contributed by atoms with Crippen LogP contribution in [0.4, 0.5) is 8.78 Å². The third-order valence-corrected chi connectivity index (χ3v) is 3.12. The maximum atomic E-state index is 13.1. The molecular formula is C15H10F2N2O3. The summed E-state index contributed by atoms with van der Waals surface area (Å²) < 4.78 is 30.8. The summed E-state index contributed by atoms with van der Waals surface area (Å²) in [5.41, 5.74) is 1.66. The van der Waals surface area contributed by atoms with E-state index in [4.69, 9.17) is 4.42 Å². The van der Waals surface area contributed by atoms with Crippen molar-refractivity contribution in [3.8, 4) is 0 Å². The number of hydrogen-bond donors (Lipinski definition) is 2. The van der Waals surface area contributed by atoms with Gasteiger partial charge in [0.15, 0.2) is 17.2 Å². The molecule has 0 fully saturated rings. The zero-order valence-corrected chi connectivity index (χ0v) is 11.2. The molecule has 1 aromatic heterocycles. The van der Waals surface area contributed by atoms with Crippen LogP contribution in [-0.2, 0) is 6.54 Å². The number of oxazole rings is 1. The van der Waals surface area contributed by atoms with E-state index in [1.807, 2.05) is 0 Å². The molecule has 0 aliphatic carbocycles.